The van der Waals surface area contributed by atoms with E-state index in [1.54, 1.807) is 50.2 Å². The topological polar surface area (TPSA) is 108 Å². The number of halogens is 1. The molecule has 0 spiro atoms. The number of benzene rings is 2. The third kappa shape index (κ3) is 6.28. The van der Waals surface area contributed by atoms with Crippen molar-refractivity contribution in [3.8, 4) is 0 Å². The van der Waals surface area contributed by atoms with Crippen LogP contribution in [-0.2, 0) is 26.2 Å². The van der Waals surface area contributed by atoms with E-state index < -0.39 is 16.1 Å². The van der Waals surface area contributed by atoms with Gasteiger partial charge in [-0.1, -0.05) is 57.5 Å². The third-order valence-corrected chi connectivity index (χ3v) is 8.20. The molecule has 1 unspecified atom stereocenters. The third-order valence-electron chi connectivity index (χ3n) is 5.81. The molecule has 2 aromatic rings. The zero-order valence-corrected chi connectivity index (χ0v) is 21.9. The SMILES string of the molecule is CCN(CC)S(=O)(=O)c1ccc(C2CC(=O)NC(c3cc(CNC(=O)C(C)C)ccc3Cl)=N2)cc1. The van der Waals surface area contributed by atoms with Gasteiger partial charge in [-0.05, 0) is 35.4 Å². The molecule has 188 valence electrons. The molecule has 2 amide bonds. The first-order valence-electron chi connectivity index (χ1n) is 11.6. The predicted molar refractivity (Wildman–Crippen MR) is 137 cm³/mol. The molecule has 2 aromatic carbocycles. The summed E-state index contributed by atoms with van der Waals surface area (Å²) in [7, 11) is -3.57. The smallest absolute Gasteiger partial charge is 0.243 e. The van der Waals surface area contributed by atoms with Gasteiger partial charge in [0, 0.05) is 31.1 Å². The second-order valence-corrected chi connectivity index (χ2v) is 10.9. The number of amides is 2. The van der Waals surface area contributed by atoms with Crippen LogP contribution in [0.3, 0.4) is 0 Å². The number of hydrogen-bond acceptors (Lipinski definition) is 5. The minimum absolute atomic E-state index is 0.0590. The molecule has 0 aliphatic carbocycles. The van der Waals surface area contributed by atoms with Crippen molar-refractivity contribution < 1.29 is 18.0 Å². The highest BCUT2D eigenvalue weighted by Gasteiger charge is 2.26. The van der Waals surface area contributed by atoms with Crippen LogP contribution in [0.1, 0.15) is 56.8 Å². The van der Waals surface area contributed by atoms with Gasteiger partial charge in [0.25, 0.3) is 0 Å². The monoisotopic (exact) mass is 518 g/mol. The molecule has 3 rings (SSSR count). The van der Waals surface area contributed by atoms with E-state index in [1.807, 2.05) is 19.9 Å². The van der Waals surface area contributed by atoms with Gasteiger partial charge in [0.05, 0.1) is 22.4 Å². The molecule has 2 N–H and O–H groups in total. The Morgan fingerprint density at radius 2 is 1.83 bits per heavy atom. The van der Waals surface area contributed by atoms with Crippen molar-refractivity contribution in [1.82, 2.24) is 14.9 Å². The number of hydrogen-bond donors (Lipinski definition) is 2. The lowest BCUT2D eigenvalue weighted by Crippen LogP contribution is -2.37. The average molecular weight is 519 g/mol. The number of nitrogens with zero attached hydrogens (tertiary/aromatic N) is 2. The van der Waals surface area contributed by atoms with Gasteiger partial charge in [-0.25, -0.2) is 8.42 Å². The maximum atomic E-state index is 12.8. The van der Waals surface area contributed by atoms with Crippen molar-refractivity contribution >= 4 is 39.3 Å². The van der Waals surface area contributed by atoms with Crippen LogP contribution in [0, 0.1) is 5.92 Å². The summed E-state index contributed by atoms with van der Waals surface area (Å²) in [6, 6.07) is 11.3. The standard InChI is InChI=1S/C25H31ClN4O4S/c1-5-30(6-2)35(33,34)19-10-8-18(9-11-19)22-14-23(31)29-24(28-22)20-13-17(7-12-21(20)26)15-27-25(32)16(3)4/h7-13,16,22H,5-6,14-15H2,1-4H3,(H,27,32)(H,28,29,31). The fraction of sp³-hybridized carbons (Fsp3) is 0.400. The maximum absolute atomic E-state index is 12.8. The van der Waals surface area contributed by atoms with E-state index in [0.717, 1.165) is 11.1 Å². The van der Waals surface area contributed by atoms with E-state index in [-0.39, 0.29) is 29.0 Å². The van der Waals surface area contributed by atoms with E-state index in [2.05, 4.69) is 10.6 Å². The summed E-state index contributed by atoms with van der Waals surface area (Å²) in [5.74, 6) is -0.0585. The summed E-state index contributed by atoms with van der Waals surface area (Å²) in [4.78, 5) is 29.3. The number of rotatable bonds is 9. The number of carbonyl (C=O) groups is 2. The van der Waals surface area contributed by atoms with Crippen molar-refractivity contribution in [2.24, 2.45) is 10.9 Å². The van der Waals surface area contributed by atoms with Crippen LogP contribution >= 0.6 is 11.6 Å². The van der Waals surface area contributed by atoms with Gasteiger partial charge in [0.15, 0.2) is 0 Å². The highest BCUT2D eigenvalue weighted by Crippen LogP contribution is 2.28. The van der Waals surface area contributed by atoms with Crippen molar-refractivity contribution in [2.45, 2.75) is 51.6 Å². The molecule has 0 saturated carbocycles. The lowest BCUT2D eigenvalue weighted by atomic mass is 10.0. The van der Waals surface area contributed by atoms with Crippen molar-refractivity contribution in [3.05, 3.63) is 64.2 Å². The van der Waals surface area contributed by atoms with Crippen molar-refractivity contribution in [2.75, 3.05) is 13.1 Å². The first kappa shape index (κ1) is 26.8. The zero-order chi connectivity index (χ0) is 25.8. The number of sulfonamides is 1. The normalized spacial score (nSPS) is 16.3. The minimum Gasteiger partial charge on any atom is -0.352 e. The molecule has 0 bridgehead atoms. The number of aliphatic imine (C=N–C) groups is 1. The van der Waals surface area contributed by atoms with Gasteiger partial charge >= 0.3 is 0 Å². The second kappa shape index (κ2) is 11.3. The molecule has 8 nitrogen and oxygen atoms in total. The van der Waals surface area contributed by atoms with E-state index in [4.69, 9.17) is 16.6 Å². The van der Waals surface area contributed by atoms with E-state index >= 15 is 0 Å². The van der Waals surface area contributed by atoms with Gasteiger partial charge in [-0.2, -0.15) is 4.31 Å². The van der Waals surface area contributed by atoms with Gasteiger partial charge in [-0.15, -0.1) is 0 Å². The summed E-state index contributed by atoms with van der Waals surface area (Å²) < 4.78 is 26.9. The Hall–Kier alpha value is -2.75. The van der Waals surface area contributed by atoms with Crippen LogP contribution in [-0.4, -0.2) is 43.5 Å². The van der Waals surface area contributed by atoms with Crippen molar-refractivity contribution in [3.63, 3.8) is 0 Å². The molecule has 1 aliphatic heterocycles. The molecule has 0 radical (unpaired) electrons. The van der Waals surface area contributed by atoms with Gasteiger partial charge in [0.2, 0.25) is 21.8 Å². The Labute approximate surface area is 211 Å². The van der Waals surface area contributed by atoms with Crippen LogP contribution in [0.2, 0.25) is 5.02 Å². The minimum atomic E-state index is -3.57. The molecule has 1 atom stereocenters. The predicted octanol–water partition coefficient (Wildman–Crippen LogP) is 3.65. The Morgan fingerprint density at radius 1 is 1.17 bits per heavy atom. The average Bonchev–Trinajstić information content (AvgIpc) is 2.83. The lowest BCUT2D eigenvalue weighted by molar-refractivity contribution is -0.124. The lowest BCUT2D eigenvalue weighted by Gasteiger charge is -2.23. The molecular weight excluding hydrogens is 488 g/mol. The highest BCUT2D eigenvalue weighted by atomic mass is 35.5. The zero-order valence-electron chi connectivity index (χ0n) is 20.3. The Balaban J connectivity index is 1.88. The maximum Gasteiger partial charge on any atom is 0.243 e. The van der Waals surface area contributed by atoms with Crippen LogP contribution in [0.5, 0.6) is 0 Å². The van der Waals surface area contributed by atoms with Gasteiger partial charge in [0.1, 0.15) is 5.84 Å². The summed E-state index contributed by atoms with van der Waals surface area (Å²) in [5, 5.41) is 6.07. The Kier molecular flexibility index (Phi) is 8.69. The largest absolute Gasteiger partial charge is 0.352 e. The first-order valence-corrected chi connectivity index (χ1v) is 13.4. The summed E-state index contributed by atoms with van der Waals surface area (Å²) in [6.07, 6.45) is 0.132. The van der Waals surface area contributed by atoms with Crippen LogP contribution in [0.4, 0.5) is 0 Å². The van der Waals surface area contributed by atoms with Crippen LogP contribution in [0.15, 0.2) is 52.4 Å². The number of amidine groups is 1. The van der Waals surface area contributed by atoms with Crippen molar-refractivity contribution in [1.29, 1.82) is 0 Å². The van der Waals surface area contributed by atoms with Crippen LogP contribution in [0.25, 0.3) is 0 Å². The highest BCUT2D eigenvalue weighted by molar-refractivity contribution is 7.89. The first-order chi connectivity index (χ1) is 16.6. The number of nitrogens with one attached hydrogen (secondary N) is 2. The molecule has 10 heteroatoms. The Morgan fingerprint density at radius 3 is 2.43 bits per heavy atom. The van der Waals surface area contributed by atoms with Gasteiger partial charge < -0.3 is 10.6 Å². The Bertz CT molecular complexity index is 1220. The fourth-order valence-corrected chi connectivity index (χ4v) is 5.42. The molecule has 1 aliphatic rings. The molecule has 1 heterocycles. The molecular formula is C25H31ClN4O4S. The second-order valence-electron chi connectivity index (χ2n) is 8.59. The van der Waals surface area contributed by atoms with Crippen LogP contribution < -0.4 is 10.6 Å². The van der Waals surface area contributed by atoms with E-state index in [1.165, 1.54) is 4.31 Å². The fourth-order valence-electron chi connectivity index (χ4n) is 3.75. The summed E-state index contributed by atoms with van der Waals surface area (Å²) >= 11 is 6.42. The molecule has 0 fully saturated rings. The quantitative estimate of drug-likeness (QED) is 0.528. The van der Waals surface area contributed by atoms with E-state index in [9.17, 15) is 18.0 Å². The van der Waals surface area contributed by atoms with Gasteiger partial charge in [-0.3, -0.25) is 14.6 Å². The number of carbonyl (C=O) groups excluding carboxylic acids is 2. The van der Waals surface area contributed by atoms with E-state index in [0.29, 0.717) is 36.1 Å². The summed E-state index contributed by atoms with van der Waals surface area (Å²) in [5.41, 5.74) is 2.11. The molecule has 35 heavy (non-hydrogen) atoms. The molecule has 0 aromatic heterocycles. The molecule has 0 saturated heterocycles. The summed E-state index contributed by atoms with van der Waals surface area (Å²) in [6.45, 7) is 8.33.